The maximum atomic E-state index is 12.4. The Hall–Kier alpha value is -3.23. The number of nitrogens with one attached hydrogen (secondary N) is 1. The molecule has 1 amide bonds. The molecule has 1 aromatic heterocycles. The monoisotopic (exact) mass is 439 g/mol. The molecule has 31 heavy (non-hydrogen) atoms. The van der Waals surface area contributed by atoms with Crippen LogP contribution in [0.1, 0.15) is 5.69 Å². The first-order valence-electron chi connectivity index (χ1n) is 9.99. The largest absolute Gasteiger partial charge is 0.368 e. The Balaban J connectivity index is 1.45. The number of nitro groups is 1. The van der Waals surface area contributed by atoms with Crippen molar-refractivity contribution in [2.24, 2.45) is 0 Å². The molecule has 9 heteroatoms. The SMILES string of the molecule is Cc1cc(N2CCN(CC(=O)Nc3ccccc3Cl)CC2)c2cccc([N+](=O)[O-])c2n1. The molecule has 2 heterocycles. The number of anilines is 2. The highest BCUT2D eigenvalue weighted by Crippen LogP contribution is 2.32. The number of nitro benzene ring substituents is 1. The number of rotatable bonds is 5. The van der Waals surface area contributed by atoms with Gasteiger partial charge in [0.2, 0.25) is 5.91 Å². The van der Waals surface area contributed by atoms with Crippen LogP contribution in [0.4, 0.5) is 17.1 Å². The number of piperazine rings is 1. The maximum absolute atomic E-state index is 12.4. The normalized spacial score (nSPS) is 14.6. The van der Waals surface area contributed by atoms with Crippen LogP contribution in [0.2, 0.25) is 5.02 Å². The number of halogens is 1. The fourth-order valence-electron chi connectivity index (χ4n) is 3.85. The molecule has 0 radical (unpaired) electrons. The quantitative estimate of drug-likeness (QED) is 0.479. The summed E-state index contributed by atoms with van der Waals surface area (Å²) in [6, 6.07) is 14.2. The van der Waals surface area contributed by atoms with Gasteiger partial charge in [0.1, 0.15) is 0 Å². The van der Waals surface area contributed by atoms with Crippen molar-refractivity contribution < 1.29 is 9.72 Å². The molecule has 0 atom stereocenters. The Labute approximate surface area is 184 Å². The predicted octanol–water partition coefficient (Wildman–Crippen LogP) is 3.87. The minimum atomic E-state index is -0.395. The highest BCUT2D eigenvalue weighted by Gasteiger charge is 2.23. The molecule has 3 aromatic rings. The van der Waals surface area contributed by atoms with Crippen LogP contribution < -0.4 is 10.2 Å². The van der Waals surface area contributed by atoms with Crippen LogP contribution in [0.3, 0.4) is 0 Å². The van der Waals surface area contributed by atoms with Gasteiger partial charge in [-0.2, -0.15) is 0 Å². The molecule has 2 aromatic carbocycles. The summed E-state index contributed by atoms with van der Waals surface area (Å²) in [7, 11) is 0. The zero-order chi connectivity index (χ0) is 22.0. The molecule has 0 spiro atoms. The highest BCUT2D eigenvalue weighted by atomic mass is 35.5. The first kappa shape index (κ1) is 21.0. The van der Waals surface area contributed by atoms with Crippen molar-refractivity contribution >= 4 is 45.5 Å². The summed E-state index contributed by atoms with van der Waals surface area (Å²) < 4.78 is 0. The third-order valence-corrected chi connectivity index (χ3v) is 5.68. The zero-order valence-corrected chi connectivity index (χ0v) is 17.8. The maximum Gasteiger partial charge on any atom is 0.295 e. The van der Waals surface area contributed by atoms with Gasteiger partial charge in [-0.25, -0.2) is 4.98 Å². The number of aromatic nitrogens is 1. The standard InChI is InChI=1S/C22H22ClN5O3/c1-15-13-20(16-5-4-8-19(28(30)31)22(16)24-15)27-11-9-26(10-12-27)14-21(29)25-18-7-3-2-6-17(18)23/h2-8,13H,9-12,14H2,1H3,(H,25,29). The minimum Gasteiger partial charge on any atom is -0.368 e. The molecule has 0 unspecified atom stereocenters. The van der Waals surface area contributed by atoms with E-state index in [-0.39, 0.29) is 18.1 Å². The summed E-state index contributed by atoms with van der Waals surface area (Å²) >= 11 is 6.11. The number of nitrogens with zero attached hydrogens (tertiary/aromatic N) is 4. The van der Waals surface area contributed by atoms with Gasteiger partial charge in [0.05, 0.1) is 22.2 Å². The van der Waals surface area contributed by atoms with E-state index in [0.717, 1.165) is 16.8 Å². The van der Waals surface area contributed by atoms with Crippen LogP contribution in [0.15, 0.2) is 48.5 Å². The molecule has 160 valence electrons. The summed E-state index contributed by atoms with van der Waals surface area (Å²) in [5.74, 6) is -0.109. The Morgan fingerprint density at radius 1 is 1.16 bits per heavy atom. The van der Waals surface area contributed by atoms with E-state index < -0.39 is 4.92 Å². The minimum absolute atomic E-state index is 0.0114. The van der Waals surface area contributed by atoms with Crippen molar-refractivity contribution in [2.75, 3.05) is 42.9 Å². The topological polar surface area (TPSA) is 91.6 Å². The molecule has 1 aliphatic heterocycles. The number of carbonyl (C=O) groups excluding carboxylic acids is 1. The smallest absolute Gasteiger partial charge is 0.295 e. The van der Waals surface area contributed by atoms with Gasteiger partial charge in [0.25, 0.3) is 5.69 Å². The van der Waals surface area contributed by atoms with Crippen molar-refractivity contribution in [3.05, 3.63) is 69.4 Å². The molecule has 0 bridgehead atoms. The van der Waals surface area contributed by atoms with E-state index in [9.17, 15) is 14.9 Å². The molecule has 1 aliphatic rings. The fourth-order valence-corrected chi connectivity index (χ4v) is 4.03. The number of hydrogen-bond donors (Lipinski definition) is 1. The van der Waals surface area contributed by atoms with Gasteiger partial charge < -0.3 is 10.2 Å². The van der Waals surface area contributed by atoms with Crippen molar-refractivity contribution in [2.45, 2.75) is 6.92 Å². The Morgan fingerprint density at radius 2 is 1.90 bits per heavy atom. The Kier molecular flexibility index (Phi) is 6.01. The van der Waals surface area contributed by atoms with E-state index in [1.165, 1.54) is 6.07 Å². The average Bonchev–Trinajstić information content (AvgIpc) is 2.75. The zero-order valence-electron chi connectivity index (χ0n) is 17.0. The van der Waals surface area contributed by atoms with E-state index in [4.69, 9.17) is 11.6 Å². The van der Waals surface area contributed by atoms with Crippen LogP contribution in [0, 0.1) is 17.0 Å². The lowest BCUT2D eigenvalue weighted by molar-refractivity contribution is -0.383. The second kappa shape index (κ2) is 8.87. The number of non-ortho nitro benzene ring substituents is 1. The number of benzene rings is 2. The van der Waals surface area contributed by atoms with Crippen molar-refractivity contribution in [1.29, 1.82) is 0 Å². The van der Waals surface area contributed by atoms with Crippen molar-refractivity contribution in [3.63, 3.8) is 0 Å². The van der Waals surface area contributed by atoms with Crippen molar-refractivity contribution in [3.8, 4) is 0 Å². The first-order valence-corrected chi connectivity index (χ1v) is 10.4. The van der Waals surface area contributed by atoms with E-state index >= 15 is 0 Å². The highest BCUT2D eigenvalue weighted by molar-refractivity contribution is 6.33. The number of pyridine rings is 1. The molecule has 4 rings (SSSR count). The summed E-state index contributed by atoms with van der Waals surface area (Å²) in [5, 5.41) is 15.5. The van der Waals surface area contributed by atoms with Gasteiger partial charge in [-0.15, -0.1) is 0 Å². The van der Waals surface area contributed by atoms with E-state index in [1.807, 2.05) is 31.2 Å². The summed E-state index contributed by atoms with van der Waals surface area (Å²) in [4.78, 5) is 32.1. The van der Waals surface area contributed by atoms with Crippen LogP contribution in [-0.2, 0) is 4.79 Å². The summed E-state index contributed by atoms with van der Waals surface area (Å²) in [6.07, 6.45) is 0. The number of hydrogen-bond acceptors (Lipinski definition) is 6. The van der Waals surface area contributed by atoms with Crippen LogP contribution in [0.5, 0.6) is 0 Å². The Morgan fingerprint density at radius 3 is 2.61 bits per heavy atom. The van der Waals surface area contributed by atoms with E-state index in [2.05, 4.69) is 20.1 Å². The molecule has 0 aliphatic carbocycles. The fraction of sp³-hybridized carbons (Fsp3) is 0.273. The van der Waals surface area contributed by atoms with Gasteiger partial charge in [0.15, 0.2) is 5.52 Å². The lowest BCUT2D eigenvalue weighted by atomic mass is 10.1. The number of carbonyl (C=O) groups is 1. The summed E-state index contributed by atoms with van der Waals surface area (Å²) in [6.45, 7) is 4.94. The molecule has 1 N–H and O–H groups in total. The second-order valence-electron chi connectivity index (χ2n) is 7.50. The van der Waals surface area contributed by atoms with E-state index in [0.29, 0.717) is 42.4 Å². The van der Waals surface area contributed by atoms with Crippen LogP contribution in [-0.4, -0.2) is 53.4 Å². The number of para-hydroxylation sites is 2. The van der Waals surface area contributed by atoms with Crippen molar-refractivity contribution in [1.82, 2.24) is 9.88 Å². The molecular weight excluding hydrogens is 418 g/mol. The first-order chi connectivity index (χ1) is 14.9. The molecule has 1 saturated heterocycles. The lowest BCUT2D eigenvalue weighted by Gasteiger charge is -2.36. The average molecular weight is 440 g/mol. The molecule has 0 saturated carbocycles. The molecule has 8 nitrogen and oxygen atoms in total. The third-order valence-electron chi connectivity index (χ3n) is 5.35. The summed E-state index contributed by atoms with van der Waals surface area (Å²) in [5.41, 5.74) is 2.69. The molecular formula is C22H22ClN5O3. The van der Waals surface area contributed by atoms with Gasteiger partial charge >= 0.3 is 0 Å². The van der Waals surface area contributed by atoms with Crippen LogP contribution >= 0.6 is 11.6 Å². The second-order valence-corrected chi connectivity index (χ2v) is 7.91. The Bertz CT molecular complexity index is 1150. The van der Waals surface area contributed by atoms with Crippen LogP contribution in [0.25, 0.3) is 10.9 Å². The van der Waals surface area contributed by atoms with Gasteiger partial charge in [-0.05, 0) is 25.1 Å². The lowest BCUT2D eigenvalue weighted by Crippen LogP contribution is -2.48. The van der Waals surface area contributed by atoms with Gasteiger partial charge in [-0.3, -0.25) is 19.8 Å². The number of fused-ring (bicyclic) bond motifs is 1. The number of amides is 1. The third kappa shape index (κ3) is 4.60. The van der Waals surface area contributed by atoms with Gasteiger partial charge in [0, 0.05) is 49.0 Å². The predicted molar refractivity (Wildman–Crippen MR) is 122 cm³/mol. The number of aryl methyl sites for hydroxylation is 1. The van der Waals surface area contributed by atoms with E-state index in [1.54, 1.807) is 18.2 Å². The van der Waals surface area contributed by atoms with Gasteiger partial charge in [-0.1, -0.05) is 35.9 Å². The molecule has 1 fully saturated rings.